The summed E-state index contributed by atoms with van der Waals surface area (Å²) in [5.41, 5.74) is 0. The lowest BCUT2D eigenvalue weighted by Gasteiger charge is -2.32. The van der Waals surface area contributed by atoms with Crippen molar-refractivity contribution < 1.29 is 9.53 Å². The highest BCUT2D eigenvalue weighted by Gasteiger charge is 2.33. The molecular weight excluding hydrogens is 349 g/mol. The molecule has 2 aliphatic rings. The Bertz CT molecular complexity index is 593. The normalized spacial score (nSPS) is 23.3. The third-order valence-electron chi connectivity index (χ3n) is 4.71. The lowest BCUT2D eigenvalue weighted by molar-refractivity contribution is -0.137. The Morgan fingerprint density at radius 1 is 1.29 bits per heavy atom. The average Bonchev–Trinajstić information content (AvgIpc) is 3.09. The first kappa shape index (κ1) is 17.8. The van der Waals surface area contributed by atoms with Crippen LogP contribution in [0.15, 0.2) is 18.2 Å². The first-order chi connectivity index (χ1) is 11.6. The molecule has 2 unspecified atom stereocenters. The standard InChI is InChI=1S/C17H23Cl2N3O2/c1-12(24-15-4-2-3-14(18)16(15)19)17(23)22-8-5-13(11-22)21-9-6-20-7-10-21/h2-4,12-13,20H,5-11H2,1H3. The van der Waals surface area contributed by atoms with Crippen LogP contribution in [0.3, 0.4) is 0 Å². The summed E-state index contributed by atoms with van der Waals surface area (Å²) < 4.78 is 5.75. The van der Waals surface area contributed by atoms with E-state index in [0.717, 1.165) is 45.7 Å². The van der Waals surface area contributed by atoms with Crippen LogP contribution in [0.5, 0.6) is 5.75 Å². The van der Waals surface area contributed by atoms with E-state index in [-0.39, 0.29) is 5.91 Å². The van der Waals surface area contributed by atoms with Crippen molar-refractivity contribution in [3.05, 3.63) is 28.2 Å². The van der Waals surface area contributed by atoms with Crippen LogP contribution in [0, 0.1) is 0 Å². The molecule has 1 N–H and O–H groups in total. The summed E-state index contributed by atoms with van der Waals surface area (Å²) in [6.07, 6.45) is 0.443. The largest absolute Gasteiger partial charge is 0.479 e. The number of nitrogens with one attached hydrogen (secondary N) is 1. The van der Waals surface area contributed by atoms with Crippen molar-refractivity contribution in [1.29, 1.82) is 0 Å². The number of hydrogen-bond donors (Lipinski definition) is 1. The van der Waals surface area contributed by atoms with E-state index in [4.69, 9.17) is 27.9 Å². The lowest BCUT2D eigenvalue weighted by atomic mass is 10.2. The summed E-state index contributed by atoms with van der Waals surface area (Å²) in [7, 11) is 0. The number of carbonyl (C=O) groups is 1. The van der Waals surface area contributed by atoms with Gasteiger partial charge in [0.15, 0.2) is 6.10 Å². The van der Waals surface area contributed by atoms with Gasteiger partial charge in [0.2, 0.25) is 0 Å². The van der Waals surface area contributed by atoms with E-state index in [1.807, 2.05) is 4.90 Å². The molecule has 24 heavy (non-hydrogen) atoms. The number of likely N-dealkylation sites (tertiary alicyclic amines) is 1. The Kier molecular flexibility index (Phi) is 5.87. The average molecular weight is 372 g/mol. The van der Waals surface area contributed by atoms with Gasteiger partial charge in [-0.15, -0.1) is 0 Å². The zero-order valence-corrected chi connectivity index (χ0v) is 15.3. The van der Waals surface area contributed by atoms with Gasteiger partial charge in [-0.05, 0) is 25.5 Å². The fraction of sp³-hybridized carbons (Fsp3) is 0.588. The van der Waals surface area contributed by atoms with E-state index in [0.29, 0.717) is 21.8 Å². The van der Waals surface area contributed by atoms with Gasteiger partial charge in [0.05, 0.1) is 5.02 Å². The molecule has 1 aromatic carbocycles. The summed E-state index contributed by atoms with van der Waals surface area (Å²) in [5.74, 6) is 0.451. The quantitative estimate of drug-likeness (QED) is 0.881. The maximum atomic E-state index is 12.7. The number of carbonyl (C=O) groups excluding carboxylic acids is 1. The maximum absolute atomic E-state index is 12.7. The van der Waals surface area contributed by atoms with Crippen LogP contribution < -0.4 is 10.1 Å². The zero-order chi connectivity index (χ0) is 17.1. The second kappa shape index (κ2) is 7.91. The highest BCUT2D eigenvalue weighted by Crippen LogP contribution is 2.32. The molecule has 0 radical (unpaired) electrons. The van der Waals surface area contributed by atoms with Gasteiger partial charge in [0.25, 0.3) is 5.91 Å². The molecule has 0 aromatic heterocycles. The first-order valence-corrected chi connectivity index (χ1v) is 9.16. The number of ether oxygens (including phenoxy) is 1. The molecule has 0 spiro atoms. The molecule has 0 saturated carbocycles. The van der Waals surface area contributed by atoms with E-state index in [9.17, 15) is 4.79 Å². The van der Waals surface area contributed by atoms with Crippen LogP contribution in [0.2, 0.25) is 10.0 Å². The summed E-state index contributed by atoms with van der Waals surface area (Å²) >= 11 is 12.1. The number of nitrogens with zero attached hydrogens (tertiary/aromatic N) is 2. The van der Waals surface area contributed by atoms with Gasteiger partial charge in [-0.25, -0.2) is 0 Å². The van der Waals surface area contributed by atoms with E-state index in [1.54, 1.807) is 25.1 Å². The van der Waals surface area contributed by atoms with Crippen LogP contribution in [-0.2, 0) is 4.79 Å². The Hall–Kier alpha value is -1.01. The fourth-order valence-corrected chi connectivity index (χ4v) is 3.70. The predicted molar refractivity (Wildman–Crippen MR) is 96.0 cm³/mol. The second-order valence-corrected chi connectivity index (χ2v) is 7.11. The monoisotopic (exact) mass is 371 g/mol. The number of amides is 1. The molecule has 1 aromatic rings. The van der Waals surface area contributed by atoms with Crippen molar-refractivity contribution in [1.82, 2.24) is 15.1 Å². The highest BCUT2D eigenvalue weighted by atomic mass is 35.5. The van der Waals surface area contributed by atoms with Crippen molar-refractivity contribution in [3.8, 4) is 5.75 Å². The molecule has 2 fully saturated rings. The van der Waals surface area contributed by atoms with E-state index in [1.165, 1.54) is 0 Å². The Balaban J connectivity index is 1.57. The molecule has 0 bridgehead atoms. The van der Waals surface area contributed by atoms with Gasteiger partial charge in [-0.2, -0.15) is 0 Å². The van der Waals surface area contributed by atoms with Gasteiger partial charge in [-0.3, -0.25) is 9.69 Å². The molecule has 2 heterocycles. The maximum Gasteiger partial charge on any atom is 0.263 e. The van der Waals surface area contributed by atoms with Gasteiger partial charge in [-0.1, -0.05) is 29.3 Å². The van der Waals surface area contributed by atoms with Crippen molar-refractivity contribution in [3.63, 3.8) is 0 Å². The predicted octanol–water partition coefficient (Wildman–Crippen LogP) is 2.27. The van der Waals surface area contributed by atoms with Crippen LogP contribution in [0.25, 0.3) is 0 Å². The minimum absolute atomic E-state index is 0.00340. The molecule has 2 saturated heterocycles. The van der Waals surface area contributed by atoms with E-state index < -0.39 is 6.10 Å². The van der Waals surface area contributed by atoms with Gasteiger partial charge in [0, 0.05) is 45.3 Å². The smallest absolute Gasteiger partial charge is 0.263 e. The minimum atomic E-state index is -0.581. The molecule has 7 heteroatoms. The van der Waals surface area contributed by atoms with Crippen LogP contribution in [-0.4, -0.2) is 67.1 Å². The molecule has 2 atom stereocenters. The minimum Gasteiger partial charge on any atom is -0.479 e. The summed E-state index contributed by atoms with van der Waals surface area (Å²) in [5, 5.41) is 4.13. The van der Waals surface area contributed by atoms with Crippen molar-refractivity contribution in [2.24, 2.45) is 0 Å². The fourth-order valence-electron chi connectivity index (χ4n) is 3.36. The molecule has 1 amide bonds. The number of benzene rings is 1. The van der Waals surface area contributed by atoms with Crippen molar-refractivity contribution >= 4 is 29.1 Å². The molecule has 0 aliphatic carbocycles. The Morgan fingerprint density at radius 2 is 2.04 bits per heavy atom. The van der Waals surface area contributed by atoms with Gasteiger partial charge < -0.3 is 15.0 Å². The SMILES string of the molecule is CC(Oc1cccc(Cl)c1Cl)C(=O)N1CCC(N2CCNCC2)C1. The zero-order valence-electron chi connectivity index (χ0n) is 13.8. The number of piperazine rings is 1. The molecule has 5 nitrogen and oxygen atoms in total. The van der Waals surface area contributed by atoms with Crippen LogP contribution >= 0.6 is 23.2 Å². The summed E-state index contributed by atoms with van der Waals surface area (Å²) in [6.45, 7) is 7.47. The molecule has 132 valence electrons. The topological polar surface area (TPSA) is 44.8 Å². The van der Waals surface area contributed by atoms with E-state index in [2.05, 4.69) is 10.2 Å². The summed E-state index contributed by atoms with van der Waals surface area (Å²) in [4.78, 5) is 17.0. The number of hydrogen-bond acceptors (Lipinski definition) is 4. The highest BCUT2D eigenvalue weighted by molar-refractivity contribution is 6.42. The third kappa shape index (κ3) is 3.97. The van der Waals surface area contributed by atoms with Crippen molar-refractivity contribution in [2.45, 2.75) is 25.5 Å². The molecular formula is C17H23Cl2N3O2. The lowest BCUT2D eigenvalue weighted by Crippen LogP contribution is -2.50. The van der Waals surface area contributed by atoms with E-state index >= 15 is 0 Å². The Morgan fingerprint density at radius 3 is 2.79 bits per heavy atom. The molecule has 2 aliphatic heterocycles. The van der Waals surface area contributed by atoms with Crippen LogP contribution in [0.1, 0.15) is 13.3 Å². The molecule has 3 rings (SSSR count). The Labute approximate surface area is 152 Å². The van der Waals surface area contributed by atoms with Gasteiger partial charge >= 0.3 is 0 Å². The number of halogens is 2. The van der Waals surface area contributed by atoms with Gasteiger partial charge in [0.1, 0.15) is 10.8 Å². The van der Waals surface area contributed by atoms with Crippen molar-refractivity contribution in [2.75, 3.05) is 39.3 Å². The second-order valence-electron chi connectivity index (χ2n) is 6.32. The first-order valence-electron chi connectivity index (χ1n) is 8.40. The third-order valence-corrected chi connectivity index (χ3v) is 5.51. The number of rotatable bonds is 4. The van der Waals surface area contributed by atoms with Crippen LogP contribution in [0.4, 0.5) is 0 Å². The summed E-state index contributed by atoms with van der Waals surface area (Å²) in [6, 6.07) is 5.64.